The molecular formula is C16H17ClFN3. The van der Waals surface area contributed by atoms with Crippen LogP contribution in [0.15, 0.2) is 36.8 Å². The lowest BCUT2D eigenvalue weighted by Gasteiger charge is -2.32. The summed E-state index contributed by atoms with van der Waals surface area (Å²) in [6.07, 6.45) is 5.55. The third kappa shape index (κ3) is 3.39. The van der Waals surface area contributed by atoms with Crippen LogP contribution in [0.25, 0.3) is 0 Å². The molecule has 1 aromatic heterocycles. The molecule has 0 amide bonds. The number of halogens is 2. The third-order valence-electron chi connectivity index (χ3n) is 3.97. The second kappa shape index (κ2) is 6.50. The lowest BCUT2D eigenvalue weighted by Crippen LogP contribution is -2.34. The first-order chi connectivity index (χ1) is 10.2. The van der Waals surface area contributed by atoms with Crippen molar-refractivity contribution in [1.82, 2.24) is 14.9 Å². The van der Waals surface area contributed by atoms with Crippen LogP contribution in [0, 0.1) is 5.82 Å². The van der Waals surface area contributed by atoms with Crippen molar-refractivity contribution in [2.24, 2.45) is 0 Å². The summed E-state index contributed by atoms with van der Waals surface area (Å²) in [5.41, 5.74) is 1.65. The molecule has 1 atom stereocenters. The first kappa shape index (κ1) is 14.4. The molecule has 0 bridgehead atoms. The molecule has 0 spiro atoms. The van der Waals surface area contributed by atoms with E-state index in [0.29, 0.717) is 23.0 Å². The van der Waals surface area contributed by atoms with Gasteiger partial charge in [-0.3, -0.25) is 4.90 Å². The van der Waals surface area contributed by atoms with Crippen molar-refractivity contribution in [2.75, 3.05) is 13.1 Å². The second-order valence-corrected chi connectivity index (χ2v) is 5.82. The Morgan fingerprint density at radius 1 is 1.33 bits per heavy atom. The minimum Gasteiger partial charge on any atom is -0.298 e. The van der Waals surface area contributed by atoms with E-state index < -0.39 is 0 Å². The molecule has 5 heteroatoms. The summed E-state index contributed by atoms with van der Waals surface area (Å²) in [5, 5.41) is 0.499. The lowest BCUT2D eigenvalue weighted by molar-refractivity contribution is 0.196. The summed E-state index contributed by atoms with van der Waals surface area (Å²) in [5.74, 6) is 0.152. The van der Waals surface area contributed by atoms with Crippen LogP contribution in [0.3, 0.4) is 0 Å². The SMILES string of the molecule is Fc1cccc(Cl)c1CN1CCC[C@H](c2ccncn2)C1. The summed E-state index contributed by atoms with van der Waals surface area (Å²) < 4.78 is 13.9. The molecule has 0 N–H and O–H groups in total. The Bertz CT molecular complexity index is 585. The maximum Gasteiger partial charge on any atom is 0.129 e. The van der Waals surface area contributed by atoms with Crippen LogP contribution in [0.4, 0.5) is 4.39 Å². The molecule has 3 rings (SSSR count). The third-order valence-corrected chi connectivity index (χ3v) is 4.33. The molecule has 1 aliphatic heterocycles. The molecular weight excluding hydrogens is 289 g/mol. The van der Waals surface area contributed by atoms with Crippen LogP contribution in [0.1, 0.15) is 30.0 Å². The van der Waals surface area contributed by atoms with Crippen molar-refractivity contribution < 1.29 is 4.39 Å². The van der Waals surface area contributed by atoms with Crippen molar-refractivity contribution in [3.63, 3.8) is 0 Å². The zero-order valence-corrected chi connectivity index (χ0v) is 12.4. The Morgan fingerprint density at radius 3 is 3.00 bits per heavy atom. The predicted molar refractivity (Wildman–Crippen MR) is 80.7 cm³/mol. The molecule has 21 heavy (non-hydrogen) atoms. The molecule has 2 heterocycles. The standard InChI is InChI=1S/C16H17ClFN3/c17-14-4-1-5-15(18)13(14)10-21-8-2-3-12(9-21)16-6-7-19-11-20-16/h1,4-7,11-12H,2-3,8-10H2/t12-/m0/s1. The van der Waals surface area contributed by atoms with Gasteiger partial charge in [-0.2, -0.15) is 0 Å². The highest BCUT2D eigenvalue weighted by Gasteiger charge is 2.23. The molecule has 0 unspecified atom stereocenters. The average molecular weight is 306 g/mol. The van der Waals surface area contributed by atoms with Crippen molar-refractivity contribution in [1.29, 1.82) is 0 Å². The van der Waals surface area contributed by atoms with Crippen molar-refractivity contribution >= 4 is 11.6 Å². The average Bonchev–Trinajstić information content (AvgIpc) is 2.52. The number of rotatable bonds is 3. The maximum atomic E-state index is 13.9. The quantitative estimate of drug-likeness (QED) is 0.867. The Hall–Kier alpha value is -1.52. The zero-order valence-electron chi connectivity index (χ0n) is 11.7. The van der Waals surface area contributed by atoms with Gasteiger partial charge in [-0.25, -0.2) is 14.4 Å². The summed E-state index contributed by atoms with van der Waals surface area (Å²) in [6.45, 7) is 2.39. The minimum atomic E-state index is -0.230. The van der Waals surface area contributed by atoms with E-state index in [0.717, 1.165) is 31.6 Å². The fourth-order valence-corrected chi connectivity index (χ4v) is 3.11. The van der Waals surface area contributed by atoms with Gasteiger partial charge in [0.15, 0.2) is 0 Å². The number of hydrogen-bond acceptors (Lipinski definition) is 3. The summed E-state index contributed by atoms with van der Waals surface area (Å²) in [4.78, 5) is 10.6. The fraction of sp³-hybridized carbons (Fsp3) is 0.375. The van der Waals surface area contributed by atoms with Crippen LogP contribution in [0.2, 0.25) is 5.02 Å². The molecule has 1 aromatic carbocycles. The smallest absolute Gasteiger partial charge is 0.129 e. The lowest BCUT2D eigenvalue weighted by atomic mass is 9.94. The fourth-order valence-electron chi connectivity index (χ4n) is 2.89. The Morgan fingerprint density at radius 2 is 2.24 bits per heavy atom. The molecule has 110 valence electrons. The van der Waals surface area contributed by atoms with Gasteiger partial charge in [0.05, 0.1) is 0 Å². The second-order valence-electron chi connectivity index (χ2n) is 5.41. The molecule has 0 saturated carbocycles. The predicted octanol–water partition coefficient (Wildman–Crippen LogP) is 3.65. The van der Waals surface area contributed by atoms with Gasteiger partial charge >= 0.3 is 0 Å². The van der Waals surface area contributed by atoms with Gasteiger partial charge in [-0.05, 0) is 37.6 Å². The maximum absolute atomic E-state index is 13.9. The van der Waals surface area contributed by atoms with Gasteiger partial charge in [0.2, 0.25) is 0 Å². The van der Waals surface area contributed by atoms with Gasteiger partial charge < -0.3 is 0 Å². The molecule has 0 aliphatic carbocycles. The molecule has 2 aromatic rings. The van der Waals surface area contributed by atoms with E-state index in [-0.39, 0.29) is 5.82 Å². The van der Waals surface area contributed by atoms with E-state index in [2.05, 4.69) is 14.9 Å². The van der Waals surface area contributed by atoms with Gasteiger partial charge in [0, 0.05) is 41.5 Å². The van der Waals surface area contributed by atoms with Gasteiger partial charge in [-0.15, -0.1) is 0 Å². The Balaban J connectivity index is 1.72. The minimum absolute atomic E-state index is 0.230. The monoisotopic (exact) mass is 305 g/mol. The van der Waals surface area contributed by atoms with Crippen molar-refractivity contribution in [3.05, 3.63) is 58.9 Å². The number of piperidine rings is 1. The molecule has 3 nitrogen and oxygen atoms in total. The first-order valence-corrected chi connectivity index (χ1v) is 7.53. The largest absolute Gasteiger partial charge is 0.298 e. The summed E-state index contributed by atoms with van der Waals surface area (Å²) in [6, 6.07) is 6.81. The Labute approximate surface area is 128 Å². The van der Waals surface area contributed by atoms with Crippen molar-refractivity contribution in [3.8, 4) is 0 Å². The number of aromatic nitrogens is 2. The van der Waals surface area contributed by atoms with E-state index in [9.17, 15) is 4.39 Å². The van der Waals surface area contributed by atoms with E-state index in [1.807, 2.05) is 6.07 Å². The molecule has 0 radical (unpaired) electrons. The highest BCUT2D eigenvalue weighted by molar-refractivity contribution is 6.31. The number of likely N-dealkylation sites (tertiary alicyclic amines) is 1. The normalized spacial score (nSPS) is 19.6. The van der Waals surface area contributed by atoms with E-state index >= 15 is 0 Å². The Kier molecular flexibility index (Phi) is 4.46. The van der Waals surface area contributed by atoms with E-state index in [1.165, 1.54) is 6.07 Å². The van der Waals surface area contributed by atoms with Crippen LogP contribution in [-0.2, 0) is 6.54 Å². The van der Waals surface area contributed by atoms with Crippen LogP contribution in [0.5, 0.6) is 0 Å². The van der Waals surface area contributed by atoms with Crippen LogP contribution >= 0.6 is 11.6 Å². The number of hydrogen-bond donors (Lipinski definition) is 0. The van der Waals surface area contributed by atoms with Gasteiger partial charge in [0.1, 0.15) is 12.1 Å². The highest BCUT2D eigenvalue weighted by atomic mass is 35.5. The summed E-state index contributed by atoms with van der Waals surface area (Å²) in [7, 11) is 0. The van der Waals surface area contributed by atoms with Crippen LogP contribution in [-0.4, -0.2) is 28.0 Å². The number of benzene rings is 1. The van der Waals surface area contributed by atoms with Gasteiger partial charge in [-0.1, -0.05) is 17.7 Å². The van der Waals surface area contributed by atoms with Crippen LogP contribution < -0.4 is 0 Å². The summed E-state index contributed by atoms with van der Waals surface area (Å²) >= 11 is 6.11. The zero-order chi connectivity index (χ0) is 14.7. The first-order valence-electron chi connectivity index (χ1n) is 7.15. The molecule has 1 aliphatic rings. The van der Waals surface area contributed by atoms with Crippen molar-refractivity contribution in [2.45, 2.75) is 25.3 Å². The van der Waals surface area contributed by atoms with E-state index in [4.69, 9.17) is 11.6 Å². The molecule has 1 saturated heterocycles. The topological polar surface area (TPSA) is 29.0 Å². The number of nitrogens with zero attached hydrogens (tertiary/aromatic N) is 3. The highest BCUT2D eigenvalue weighted by Crippen LogP contribution is 2.28. The van der Waals surface area contributed by atoms with Gasteiger partial charge in [0.25, 0.3) is 0 Å². The molecule has 1 fully saturated rings. The van der Waals surface area contributed by atoms with E-state index in [1.54, 1.807) is 24.7 Å².